The van der Waals surface area contributed by atoms with Crippen molar-refractivity contribution in [1.82, 2.24) is 9.97 Å². The van der Waals surface area contributed by atoms with Gasteiger partial charge in [-0.3, -0.25) is 0 Å². The average Bonchev–Trinajstić information content (AvgIpc) is 2.35. The molecule has 0 bridgehead atoms. The number of hydrogen-bond donors (Lipinski definition) is 1. The zero-order chi connectivity index (χ0) is 13.1. The van der Waals surface area contributed by atoms with Gasteiger partial charge >= 0.3 is 0 Å². The first-order chi connectivity index (χ1) is 8.58. The van der Waals surface area contributed by atoms with Crippen LogP contribution in [0.5, 0.6) is 5.88 Å². The molecule has 4 heteroatoms. The molecular weight excluding hydrogens is 226 g/mol. The summed E-state index contributed by atoms with van der Waals surface area (Å²) in [5.41, 5.74) is 6.80. The van der Waals surface area contributed by atoms with Crippen molar-refractivity contribution < 1.29 is 4.74 Å². The van der Waals surface area contributed by atoms with Crippen molar-refractivity contribution in [1.29, 1.82) is 0 Å². The van der Waals surface area contributed by atoms with E-state index >= 15 is 0 Å². The molecule has 1 aromatic rings. The molecule has 0 aliphatic heterocycles. The number of aromatic nitrogens is 2. The van der Waals surface area contributed by atoms with Crippen LogP contribution in [0.2, 0.25) is 0 Å². The maximum Gasteiger partial charge on any atom is 0.222 e. The van der Waals surface area contributed by atoms with E-state index in [1.807, 2.05) is 6.92 Å². The molecule has 1 saturated carbocycles. The predicted octanol–water partition coefficient (Wildman–Crippen LogP) is 3.20. The van der Waals surface area contributed by atoms with Crippen LogP contribution in [0, 0.1) is 6.92 Å². The van der Waals surface area contributed by atoms with Gasteiger partial charge in [-0.05, 0) is 32.6 Å². The molecule has 0 saturated heterocycles. The zero-order valence-corrected chi connectivity index (χ0v) is 11.6. The van der Waals surface area contributed by atoms with Gasteiger partial charge in [0.2, 0.25) is 5.88 Å². The molecule has 1 aliphatic rings. The van der Waals surface area contributed by atoms with Crippen LogP contribution in [0.3, 0.4) is 0 Å². The van der Waals surface area contributed by atoms with Crippen LogP contribution in [-0.4, -0.2) is 16.1 Å². The Kier molecular flexibility index (Phi) is 4.04. The summed E-state index contributed by atoms with van der Waals surface area (Å²) in [5.74, 6) is 2.25. The quantitative estimate of drug-likeness (QED) is 0.893. The lowest BCUT2D eigenvalue weighted by Gasteiger charge is -2.23. The average molecular weight is 249 g/mol. The Hall–Kier alpha value is -1.32. The van der Waals surface area contributed by atoms with E-state index in [1.165, 1.54) is 19.3 Å². The van der Waals surface area contributed by atoms with Crippen molar-refractivity contribution in [2.75, 3.05) is 5.73 Å². The summed E-state index contributed by atoms with van der Waals surface area (Å²) in [6, 6.07) is 0. The fourth-order valence-electron chi connectivity index (χ4n) is 2.24. The Morgan fingerprint density at radius 1 is 1.17 bits per heavy atom. The number of nitrogen functional groups attached to an aromatic ring is 1. The minimum atomic E-state index is 0.265. The van der Waals surface area contributed by atoms with Crippen LogP contribution in [0.1, 0.15) is 63.3 Å². The normalized spacial score (nSPS) is 17.1. The van der Waals surface area contributed by atoms with Gasteiger partial charge in [0.15, 0.2) is 0 Å². The number of anilines is 1. The lowest BCUT2D eigenvalue weighted by Crippen LogP contribution is -2.21. The first kappa shape index (κ1) is 13.1. The van der Waals surface area contributed by atoms with Crippen molar-refractivity contribution in [2.24, 2.45) is 0 Å². The van der Waals surface area contributed by atoms with E-state index in [0.29, 0.717) is 17.8 Å². The van der Waals surface area contributed by atoms with Gasteiger partial charge in [0.1, 0.15) is 17.7 Å². The monoisotopic (exact) mass is 249 g/mol. The van der Waals surface area contributed by atoms with E-state index in [4.69, 9.17) is 10.5 Å². The van der Waals surface area contributed by atoms with Gasteiger partial charge < -0.3 is 10.5 Å². The van der Waals surface area contributed by atoms with Crippen LogP contribution in [-0.2, 0) is 0 Å². The Morgan fingerprint density at radius 3 is 2.44 bits per heavy atom. The molecule has 0 aromatic carbocycles. The maximum absolute atomic E-state index is 6.03. The standard InChI is InChI=1S/C14H23N3O/c1-9(2)13-16-12(15)10(3)14(17-13)18-11-7-5-4-6-8-11/h9,11H,4-8H2,1-3H3,(H2,15,16,17). The number of hydrogen-bond acceptors (Lipinski definition) is 4. The second kappa shape index (κ2) is 5.55. The number of rotatable bonds is 3. The highest BCUT2D eigenvalue weighted by Gasteiger charge is 2.19. The number of nitrogens with two attached hydrogens (primary N) is 1. The Balaban J connectivity index is 2.19. The van der Waals surface area contributed by atoms with Crippen LogP contribution in [0.4, 0.5) is 5.82 Å². The molecule has 1 fully saturated rings. The summed E-state index contributed by atoms with van der Waals surface area (Å²) in [6.45, 7) is 6.06. The SMILES string of the molecule is Cc1c(N)nc(C(C)C)nc1OC1CCCCC1. The highest BCUT2D eigenvalue weighted by atomic mass is 16.5. The van der Waals surface area contributed by atoms with Crippen molar-refractivity contribution in [3.05, 3.63) is 11.4 Å². The fraction of sp³-hybridized carbons (Fsp3) is 0.714. The van der Waals surface area contributed by atoms with Gasteiger partial charge in [-0.15, -0.1) is 0 Å². The largest absolute Gasteiger partial charge is 0.474 e. The van der Waals surface area contributed by atoms with Crippen LogP contribution in [0.25, 0.3) is 0 Å². The topological polar surface area (TPSA) is 61.0 Å². The Bertz CT molecular complexity index is 412. The van der Waals surface area contributed by atoms with Crippen molar-refractivity contribution in [2.45, 2.75) is 64.9 Å². The van der Waals surface area contributed by atoms with Gasteiger partial charge in [0, 0.05) is 5.92 Å². The summed E-state index contributed by atoms with van der Waals surface area (Å²) in [5, 5.41) is 0. The van der Waals surface area contributed by atoms with Crippen LogP contribution in [0.15, 0.2) is 0 Å². The smallest absolute Gasteiger partial charge is 0.222 e. The predicted molar refractivity (Wildman–Crippen MR) is 72.8 cm³/mol. The summed E-state index contributed by atoms with van der Waals surface area (Å²) in [4.78, 5) is 8.83. The van der Waals surface area contributed by atoms with Gasteiger partial charge in [-0.1, -0.05) is 20.3 Å². The highest BCUT2D eigenvalue weighted by molar-refractivity contribution is 5.44. The van der Waals surface area contributed by atoms with E-state index in [-0.39, 0.29) is 5.92 Å². The number of ether oxygens (including phenoxy) is 1. The Morgan fingerprint density at radius 2 is 1.83 bits per heavy atom. The first-order valence-corrected chi connectivity index (χ1v) is 6.88. The highest BCUT2D eigenvalue weighted by Crippen LogP contribution is 2.27. The molecule has 100 valence electrons. The van der Waals surface area contributed by atoms with E-state index in [2.05, 4.69) is 23.8 Å². The van der Waals surface area contributed by atoms with Crippen molar-refractivity contribution in [3.63, 3.8) is 0 Å². The molecule has 1 aliphatic carbocycles. The van der Waals surface area contributed by atoms with Gasteiger partial charge in [-0.25, -0.2) is 4.98 Å². The molecule has 0 amide bonds. The fourth-order valence-corrected chi connectivity index (χ4v) is 2.24. The van der Waals surface area contributed by atoms with E-state index < -0.39 is 0 Å². The molecule has 0 spiro atoms. The van der Waals surface area contributed by atoms with Crippen LogP contribution >= 0.6 is 0 Å². The molecular formula is C14H23N3O. The van der Waals surface area contributed by atoms with Gasteiger partial charge in [0.05, 0.1) is 5.56 Å². The summed E-state index contributed by atoms with van der Waals surface area (Å²) in [6.07, 6.45) is 6.37. The van der Waals surface area contributed by atoms with Gasteiger partial charge in [0.25, 0.3) is 0 Å². The second-order valence-electron chi connectivity index (χ2n) is 5.43. The van der Waals surface area contributed by atoms with E-state index in [1.54, 1.807) is 0 Å². The third kappa shape index (κ3) is 2.92. The summed E-state index contributed by atoms with van der Waals surface area (Å²) >= 11 is 0. The lowest BCUT2D eigenvalue weighted by molar-refractivity contribution is 0.147. The number of nitrogens with zero attached hydrogens (tertiary/aromatic N) is 2. The molecule has 4 nitrogen and oxygen atoms in total. The molecule has 1 aromatic heterocycles. The summed E-state index contributed by atoms with van der Waals surface area (Å²) in [7, 11) is 0. The molecule has 0 unspecified atom stereocenters. The Labute approximate surface area is 109 Å². The third-order valence-electron chi connectivity index (χ3n) is 3.50. The molecule has 2 N–H and O–H groups in total. The van der Waals surface area contributed by atoms with Crippen LogP contribution < -0.4 is 10.5 Å². The van der Waals surface area contributed by atoms with E-state index in [0.717, 1.165) is 24.2 Å². The lowest BCUT2D eigenvalue weighted by atomic mass is 9.98. The maximum atomic E-state index is 6.03. The van der Waals surface area contributed by atoms with Crippen molar-refractivity contribution in [3.8, 4) is 5.88 Å². The molecule has 0 atom stereocenters. The molecule has 1 heterocycles. The second-order valence-corrected chi connectivity index (χ2v) is 5.43. The third-order valence-corrected chi connectivity index (χ3v) is 3.50. The molecule has 18 heavy (non-hydrogen) atoms. The first-order valence-electron chi connectivity index (χ1n) is 6.88. The summed E-state index contributed by atoms with van der Waals surface area (Å²) < 4.78 is 6.03. The van der Waals surface area contributed by atoms with Crippen molar-refractivity contribution >= 4 is 5.82 Å². The molecule has 0 radical (unpaired) electrons. The minimum Gasteiger partial charge on any atom is -0.474 e. The zero-order valence-electron chi connectivity index (χ0n) is 11.6. The van der Waals surface area contributed by atoms with E-state index in [9.17, 15) is 0 Å². The van der Waals surface area contributed by atoms with Gasteiger partial charge in [-0.2, -0.15) is 4.98 Å². The molecule has 2 rings (SSSR count). The minimum absolute atomic E-state index is 0.265.